The summed E-state index contributed by atoms with van der Waals surface area (Å²) in [4.78, 5) is 33.7. The Balaban J connectivity index is 1.99. The van der Waals surface area contributed by atoms with Gasteiger partial charge in [-0.25, -0.2) is 9.97 Å². The molecule has 1 saturated heterocycles. The van der Waals surface area contributed by atoms with Crippen LogP contribution in [0.4, 0.5) is 0 Å². The van der Waals surface area contributed by atoms with E-state index in [2.05, 4.69) is 35.7 Å². The highest BCUT2D eigenvalue weighted by atomic mass is 32.5. The molecule has 5 atom stereocenters. The van der Waals surface area contributed by atoms with Gasteiger partial charge in [-0.2, -0.15) is 0 Å². The van der Waals surface area contributed by atoms with Gasteiger partial charge in [0.1, 0.15) is 12.2 Å². The standard InChI is InChI=1S/C19H31N4O6PS/c1-18(2,3)8-11-13(28-30(25,31)29-19(4,5)6)14(26-7)17(27-11)23-10-22-12-15(23)20-9-21-16(12)24/h9-11,13-14,17H,8H2,1-7H3,(H,25,31)(H,20,21,24)/t11-,13?,14+,17-,30?/m1/s1. The predicted octanol–water partition coefficient (Wildman–Crippen LogP) is 2.89. The largest absolute Gasteiger partial charge is 0.374 e. The lowest BCUT2D eigenvalue weighted by atomic mass is 9.87. The molecule has 0 aromatic carbocycles. The Morgan fingerprint density at radius 1 is 1.26 bits per heavy atom. The molecule has 2 aromatic rings. The molecule has 1 fully saturated rings. The second-order valence-electron chi connectivity index (χ2n) is 9.83. The van der Waals surface area contributed by atoms with Gasteiger partial charge in [-0.3, -0.25) is 13.9 Å². The van der Waals surface area contributed by atoms with E-state index in [1.165, 1.54) is 19.8 Å². The minimum Gasteiger partial charge on any atom is -0.374 e. The van der Waals surface area contributed by atoms with Crippen LogP contribution in [-0.4, -0.2) is 55.4 Å². The van der Waals surface area contributed by atoms with Gasteiger partial charge in [-0.15, -0.1) is 0 Å². The lowest BCUT2D eigenvalue weighted by Crippen LogP contribution is -2.37. The van der Waals surface area contributed by atoms with Crippen LogP contribution in [0.5, 0.6) is 0 Å². The van der Waals surface area contributed by atoms with Crippen molar-refractivity contribution < 1.29 is 23.4 Å². The third-order valence-corrected chi connectivity index (χ3v) is 6.42. The van der Waals surface area contributed by atoms with E-state index in [4.69, 9.17) is 30.3 Å². The van der Waals surface area contributed by atoms with E-state index in [1.807, 2.05) is 0 Å². The van der Waals surface area contributed by atoms with E-state index >= 15 is 0 Å². The van der Waals surface area contributed by atoms with Crippen LogP contribution < -0.4 is 5.56 Å². The maximum atomic E-state index is 12.1. The van der Waals surface area contributed by atoms with Crippen LogP contribution in [0.1, 0.15) is 54.2 Å². The maximum absolute atomic E-state index is 12.1. The van der Waals surface area contributed by atoms with Crippen molar-refractivity contribution in [3.8, 4) is 0 Å². The number of hydrogen-bond acceptors (Lipinski definition) is 8. The highest BCUT2D eigenvalue weighted by Gasteiger charge is 2.50. The van der Waals surface area contributed by atoms with Gasteiger partial charge < -0.3 is 23.9 Å². The summed E-state index contributed by atoms with van der Waals surface area (Å²) in [5.74, 6) is 0. The second kappa shape index (κ2) is 8.62. The number of rotatable bonds is 6. The van der Waals surface area contributed by atoms with Crippen molar-refractivity contribution in [2.75, 3.05) is 7.11 Å². The fourth-order valence-corrected chi connectivity index (χ4v) is 5.92. The summed E-state index contributed by atoms with van der Waals surface area (Å²) in [5, 5.41) is 0. The minimum atomic E-state index is -3.60. The molecule has 0 bridgehead atoms. The fourth-order valence-electron chi connectivity index (χ4n) is 3.65. The van der Waals surface area contributed by atoms with Gasteiger partial charge >= 0.3 is 6.72 Å². The highest BCUT2D eigenvalue weighted by molar-refractivity contribution is 8.07. The molecular formula is C19H31N4O6PS. The number of imidazole rings is 1. The first kappa shape index (κ1) is 24.4. The molecule has 2 N–H and O–H groups in total. The van der Waals surface area contributed by atoms with Crippen LogP contribution in [0.25, 0.3) is 11.2 Å². The van der Waals surface area contributed by atoms with Gasteiger partial charge in [-0.05, 0) is 44.4 Å². The summed E-state index contributed by atoms with van der Waals surface area (Å²) in [6.45, 7) is 8.03. The van der Waals surface area contributed by atoms with E-state index in [9.17, 15) is 9.69 Å². The summed E-state index contributed by atoms with van der Waals surface area (Å²) in [6, 6.07) is 0. The molecule has 0 radical (unpaired) electrons. The molecule has 2 unspecified atom stereocenters. The molecule has 1 aliphatic rings. The molecule has 174 valence electrons. The van der Waals surface area contributed by atoms with Gasteiger partial charge in [0.2, 0.25) is 0 Å². The Bertz CT molecular complexity index is 1030. The predicted molar refractivity (Wildman–Crippen MR) is 119 cm³/mol. The molecule has 1 aliphatic heterocycles. The van der Waals surface area contributed by atoms with E-state index in [1.54, 1.807) is 25.3 Å². The molecule has 31 heavy (non-hydrogen) atoms. The van der Waals surface area contributed by atoms with Crippen LogP contribution in [0, 0.1) is 5.41 Å². The number of aromatic nitrogens is 4. The van der Waals surface area contributed by atoms with E-state index < -0.39 is 36.9 Å². The average molecular weight is 475 g/mol. The SMILES string of the molecule is CO[C@H]1C(OP(O)(=S)OC(C)(C)C)[C@@H](CC(C)(C)C)O[C@H]1n1cnc2c(=O)[nH]cnc21. The van der Waals surface area contributed by atoms with Gasteiger partial charge in [0, 0.05) is 7.11 Å². The van der Waals surface area contributed by atoms with Crippen LogP contribution in [-0.2, 0) is 30.3 Å². The summed E-state index contributed by atoms with van der Waals surface area (Å²) in [5.41, 5.74) is -0.577. The number of methoxy groups -OCH3 is 1. The number of fused-ring (bicyclic) bond motifs is 1. The number of ether oxygens (including phenoxy) is 2. The van der Waals surface area contributed by atoms with E-state index in [-0.39, 0.29) is 16.5 Å². The second-order valence-corrected chi connectivity index (χ2v) is 12.5. The molecule has 0 spiro atoms. The van der Waals surface area contributed by atoms with Gasteiger partial charge in [0.25, 0.3) is 5.56 Å². The molecule has 0 saturated carbocycles. The van der Waals surface area contributed by atoms with E-state index in [0.29, 0.717) is 12.1 Å². The molecule has 10 nitrogen and oxygen atoms in total. The third kappa shape index (κ3) is 5.78. The van der Waals surface area contributed by atoms with Crippen LogP contribution in [0.3, 0.4) is 0 Å². The van der Waals surface area contributed by atoms with Crippen molar-refractivity contribution >= 4 is 29.7 Å². The zero-order valence-electron chi connectivity index (χ0n) is 18.9. The molecule has 0 amide bonds. The number of hydrogen-bond donors (Lipinski definition) is 2. The first-order valence-electron chi connectivity index (χ1n) is 10.0. The Hall–Kier alpha value is -1.20. The first-order chi connectivity index (χ1) is 14.2. The quantitative estimate of drug-likeness (QED) is 0.609. The minimum absolute atomic E-state index is 0.102. The van der Waals surface area contributed by atoms with Crippen molar-refractivity contribution in [1.82, 2.24) is 19.5 Å². The van der Waals surface area contributed by atoms with Gasteiger partial charge in [-0.1, -0.05) is 20.8 Å². The van der Waals surface area contributed by atoms with Crippen LogP contribution in [0.2, 0.25) is 0 Å². The molecule has 0 aliphatic carbocycles. The zero-order chi connectivity index (χ0) is 23.2. The Labute approximate surface area is 186 Å². The van der Waals surface area contributed by atoms with Crippen molar-refractivity contribution in [2.45, 2.75) is 78.1 Å². The van der Waals surface area contributed by atoms with Crippen molar-refractivity contribution in [3.05, 3.63) is 23.0 Å². The van der Waals surface area contributed by atoms with Crippen molar-refractivity contribution in [3.63, 3.8) is 0 Å². The Morgan fingerprint density at radius 2 is 1.94 bits per heavy atom. The van der Waals surface area contributed by atoms with Gasteiger partial charge in [0.05, 0.1) is 24.4 Å². The number of nitrogens with zero attached hydrogens (tertiary/aromatic N) is 3. The Kier molecular flexibility index (Phi) is 6.80. The normalized spacial score (nSPS) is 27.0. The van der Waals surface area contributed by atoms with Gasteiger partial charge in [0.15, 0.2) is 17.4 Å². The zero-order valence-corrected chi connectivity index (χ0v) is 20.6. The summed E-state index contributed by atoms with van der Waals surface area (Å²) < 4.78 is 25.4. The monoisotopic (exact) mass is 474 g/mol. The van der Waals surface area contributed by atoms with Crippen molar-refractivity contribution in [2.24, 2.45) is 5.41 Å². The molecule has 3 heterocycles. The number of aromatic amines is 1. The van der Waals surface area contributed by atoms with Crippen LogP contribution >= 0.6 is 6.72 Å². The highest BCUT2D eigenvalue weighted by Crippen LogP contribution is 2.52. The third-order valence-electron chi connectivity index (χ3n) is 4.65. The smallest absolute Gasteiger partial charge is 0.325 e. The molecule has 12 heteroatoms. The summed E-state index contributed by atoms with van der Waals surface area (Å²) >= 11 is 5.29. The lowest BCUT2D eigenvalue weighted by molar-refractivity contribution is -0.0549. The average Bonchev–Trinajstić information content (AvgIpc) is 3.13. The molecule has 3 rings (SSSR count). The fraction of sp³-hybridized carbons (Fsp3) is 0.737. The Morgan fingerprint density at radius 3 is 2.52 bits per heavy atom. The van der Waals surface area contributed by atoms with Crippen molar-refractivity contribution in [1.29, 1.82) is 0 Å². The summed E-state index contributed by atoms with van der Waals surface area (Å²) in [7, 11) is 1.53. The molecule has 2 aromatic heterocycles. The first-order valence-corrected chi connectivity index (χ1v) is 12.6. The lowest BCUT2D eigenvalue weighted by Gasteiger charge is -2.32. The molecular weight excluding hydrogens is 443 g/mol. The number of H-pyrrole nitrogens is 1. The maximum Gasteiger partial charge on any atom is 0.325 e. The van der Waals surface area contributed by atoms with Crippen LogP contribution in [0.15, 0.2) is 17.4 Å². The van der Waals surface area contributed by atoms with E-state index in [0.717, 1.165) is 0 Å². The summed E-state index contributed by atoms with van der Waals surface area (Å²) in [6.07, 6.45) is 0.917. The number of nitrogens with one attached hydrogen (secondary N) is 1. The topological polar surface area (TPSA) is 121 Å².